The van der Waals surface area contributed by atoms with Gasteiger partial charge in [-0.15, -0.1) is 0 Å². The monoisotopic (exact) mass is 199 g/mol. The summed E-state index contributed by atoms with van der Waals surface area (Å²) in [7, 11) is 0. The van der Waals surface area contributed by atoms with Crippen LogP contribution in [0.2, 0.25) is 0 Å². The maximum absolute atomic E-state index is 12.9. The Bertz CT molecular complexity index is 341. The fraction of sp³-hybridized carbons (Fsp3) is 0.556. The maximum atomic E-state index is 12.9. The molecule has 0 spiro atoms. The fourth-order valence-corrected chi connectivity index (χ4v) is 1.53. The number of hydrogen-bond donors (Lipinski definition) is 0. The minimum absolute atomic E-state index is 0.0946. The molecule has 14 heavy (non-hydrogen) atoms. The molecule has 0 atom stereocenters. The Hall–Kier alpha value is -1.26. The first-order valence-electron chi connectivity index (χ1n) is 4.48. The molecular formula is C9H11F2N3. The first-order valence-corrected chi connectivity index (χ1v) is 4.48. The molecule has 5 heteroatoms. The van der Waals surface area contributed by atoms with Crippen molar-refractivity contribution < 1.29 is 8.78 Å². The number of rotatable bonds is 1. The Kier molecular flexibility index (Phi) is 2.09. The number of aromatic nitrogens is 2. The van der Waals surface area contributed by atoms with Crippen LogP contribution in [0.4, 0.5) is 14.6 Å². The average Bonchev–Trinajstić information content (AvgIpc) is 2.46. The number of nitrogens with zero attached hydrogens (tertiary/aromatic N) is 3. The van der Waals surface area contributed by atoms with E-state index in [9.17, 15) is 8.78 Å². The third kappa shape index (κ3) is 1.81. The molecule has 76 valence electrons. The third-order valence-electron chi connectivity index (χ3n) is 2.24. The molecular weight excluding hydrogens is 188 g/mol. The van der Waals surface area contributed by atoms with Crippen LogP contribution in [-0.2, 0) is 0 Å². The molecule has 1 fully saturated rings. The molecule has 1 aromatic heterocycles. The zero-order chi connectivity index (χ0) is 10.2. The lowest BCUT2D eigenvalue weighted by Crippen LogP contribution is -2.25. The van der Waals surface area contributed by atoms with Crippen molar-refractivity contribution in [1.82, 2.24) is 9.97 Å². The maximum Gasteiger partial charge on any atom is 0.266 e. The summed E-state index contributed by atoms with van der Waals surface area (Å²) < 4.78 is 25.8. The normalized spacial score (nSPS) is 20.1. The quantitative estimate of drug-likeness (QED) is 0.688. The van der Waals surface area contributed by atoms with Gasteiger partial charge in [-0.2, -0.15) is 0 Å². The molecule has 0 saturated carbocycles. The highest BCUT2D eigenvalue weighted by Gasteiger charge is 2.38. The molecule has 1 saturated heterocycles. The number of halogens is 2. The SMILES string of the molecule is Cc1cncc(N2CCC(F)(F)C2)n1. The van der Waals surface area contributed by atoms with E-state index in [0.717, 1.165) is 5.69 Å². The van der Waals surface area contributed by atoms with Crippen LogP contribution >= 0.6 is 0 Å². The number of hydrogen-bond acceptors (Lipinski definition) is 3. The predicted octanol–water partition coefficient (Wildman–Crippen LogP) is 1.63. The molecule has 1 aromatic rings. The van der Waals surface area contributed by atoms with Gasteiger partial charge in [0.25, 0.3) is 5.92 Å². The van der Waals surface area contributed by atoms with E-state index >= 15 is 0 Å². The van der Waals surface area contributed by atoms with Crippen molar-refractivity contribution in [3.63, 3.8) is 0 Å². The Morgan fingerprint density at radius 2 is 2.21 bits per heavy atom. The fourth-order valence-electron chi connectivity index (χ4n) is 1.53. The van der Waals surface area contributed by atoms with Gasteiger partial charge in [0.05, 0.1) is 18.4 Å². The summed E-state index contributed by atoms with van der Waals surface area (Å²) in [6.07, 6.45) is 3.04. The molecule has 0 bridgehead atoms. The summed E-state index contributed by atoms with van der Waals surface area (Å²) in [6.45, 7) is 1.90. The molecule has 1 aliphatic rings. The van der Waals surface area contributed by atoms with Crippen molar-refractivity contribution in [1.29, 1.82) is 0 Å². The summed E-state index contributed by atoms with van der Waals surface area (Å²) in [5.41, 5.74) is 0.748. The number of alkyl halides is 2. The molecule has 0 amide bonds. The first kappa shape index (κ1) is 9.30. The minimum Gasteiger partial charge on any atom is -0.349 e. The van der Waals surface area contributed by atoms with Gasteiger partial charge < -0.3 is 4.90 Å². The van der Waals surface area contributed by atoms with Gasteiger partial charge in [-0.1, -0.05) is 0 Å². The molecule has 0 N–H and O–H groups in total. The Labute approximate surface area is 80.8 Å². The van der Waals surface area contributed by atoms with Gasteiger partial charge >= 0.3 is 0 Å². The highest BCUT2D eigenvalue weighted by molar-refractivity contribution is 5.38. The average molecular weight is 199 g/mol. The lowest BCUT2D eigenvalue weighted by molar-refractivity contribution is 0.0256. The highest BCUT2D eigenvalue weighted by atomic mass is 19.3. The van der Waals surface area contributed by atoms with Crippen LogP contribution in [0.25, 0.3) is 0 Å². The van der Waals surface area contributed by atoms with Gasteiger partial charge in [0.15, 0.2) is 0 Å². The Morgan fingerprint density at radius 1 is 1.43 bits per heavy atom. The van der Waals surface area contributed by atoms with E-state index in [1.807, 2.05) is 0 Å². The predicted molar refractivity (Wildman–Crippen MR) is 48.5 cm³/mol. The van der Waals surface area contributed by atoms with E-state index in [-0.39, 0.29) is 13.0 Å². The second-order valence-corrected chi connectivity index (χ2v) is 3.55. The molecule has 2 heterocycles. The van der Waals surface area contributed by atoms with E-state index in [1.54, 1.807) is 18.0 Å². The molecule has 1 aliphatic heterocycles. The van der Waals surface area contributed by atoms with E-state index in [0.29, 0.717) is 12.4 Å². The summed E-state index contributed by atoms with van der Waals surface area (Å²) in [4.78, 5) is 9.65. The van der Waals surface area contributed by atoms with Gasteiger partial charge in [0.1, 0.15) is 5.82 Å². The van der Waals surface area contributed by atoms with Crippen LogP contribution < -0.4 is 4.90 Å². The second kappa shape index (κ2) is 3.15. The number of aryl methyl sites for hydroxylation is 1. The van der Waals surface area contributed by atoms with E-state index in [2.05, 4.69) is 9.97 Å². The Morgan fingerprint density at radius 3 is 2.79 bits per heavy atom. The van der Waals surface area contributed by atoms with Crippen LogP contribution in [0.5, 0.6) is 0 Å². The summed E-state index contributed by atoms with van der Waals surface area (Å²) in [5.74, 6) is -2.03. The van der Waals surface area contributed by atoms with Crippen LogP contribution in [0.15, 0.2) is 12.4 Å². The molecule has 3 nitrogen and oxygen atoms in total. The molecule has 2 rings (SSSR count). The van der Waals surface area contributed by atoms with Crippen molar-refractivity contribution in [3.05, 3.63) is 18.1 Å². The van der Waals surface area contributed by atoms with Crippen LogP contribution in [0.1, 0.15) is 12.1 Å². The van der Waals surface area contributed by atoms with E-state index in [4.69, 9.17) is 0 Å². The Balaban J connectivity index is 2.17. The summed E-state index contributed by atoms with van der Waals surface area (Å²) in [6, 6.07) is 0. The van der Waals surface area contributed by atoms with Gasteiger partial charge in [0, 0.05) is 19.2 Å². The second-order valence-electron chi connectivity index (χ2n) is 3.55. The summed E-state index contributed by atoms with van der Waals surface area (Å²) >= 11 is 0. The molecule has 0 radical (unpaired) electrons. The van der Waals surface area contributed by atoms with Gasteiger partial charge in [-0.25, -0.2) is 13.8 Å². The van der Waals surface area contributed by atoms with Crippen molar-refractivity contribution in [3.8, 4) is 0 Å². The van der Waals surface area contributed by atoms with Crippen molar-refractivity contribution >= 4 is 5.82 Å². The smallest absolute Gasteiger partial charge is 0.266 e. The topological polar surface area (TPSA) is 29.0 Å². The zero-order valence-corrected chi connectivity index (χ0v) is 7.87. The first-order chi connectivity index (χ1) is 6.57. The molecule has 0 aromatic carbocycles. The minimum atomic E-state index is -2.58. The van der Waals surface area contributed by atoms with E-state index in [1.165, 1.54) is 6.20 Å². The third-order valence-corrected chi connectivity index (χ3v) is 2.24. The molecule has 0 aliphatic carbocycles. The van der Waals surface area contributed by atoms with Crippen molar-refractivity contribution in [2.75, 3.05) is 18.0 Å². The van der Waals surface area contributed by atoms with Gasteiger partial charge in [0.2, 0.25) is 0 Å². The molecule has 0 unspecified atom stereocenters. The van der Waals surface area contributed by atoms with E-state index < -0.39 is 5.92 Å². The van der Waals surface area contributed by atoms with Crippen LogP contribution in [0.3, 0.4) is 0 Å². The van der Waals surface area contributed by atoms with Gasteiger partial charge in [-0.3, -0.25) is 4.98 Å². The summed E-state index contributed by atoms with van der Waals surface area (Å²) in [5, 5.41) is 0. The van der Waals surface area contributed by atoms with Crippen molar-refractivity contribution in [2.45, 2.75) is 19.3 Å². The van der Waals surface area contributed by atoms with Crippen molar-refractivity contribution in [2.24, 2.45) is 0 Å². The zero-order valence-electron chi connectivity index (χ0n) is 7.87. The number of anilines is 1. The van der Waals surface area contributed by atoms with Gasteiger partial charge in [-0.05, 0) is 6.92 Å². The highest BCUT2D eigenvalue weighted by Crippen LogP contribution is 2.29. The standard InChI is InChI=1S/C9H11F2N3/c1-7-4-12-5-8(13-7)14-3-2-9(10,11)6-14/h4-5H,2-3,6H2,1H3. The lowest BCUT2D eigenvalue weighted by Gasteiger charge is -2.16. The lowest BCUT2D eigenvalue weighted by atomic mass is 10.3. The van der Waals surface area contributed by atoms with Crippen LogP contribution in [0, 0.1) is 6.92 Å². The largest absolute Gasteiger partial charge is 0.349 e. The van der Waals surface area contributed by atoms with Crippen LogP contribution in [-0.4, -0.2) is 29.0 Å².